The van der Waals surface area contributed by atoms with Crippen LogP contribution in [0, 0.1) is 0 Å². The Kier molecular flexibility index (Phi) is 5.69. The molecule has 4 rings (SSSR count). The molecule has 0 spiro atoms. The zero-order chi connectivity index (χ0) is 20.1. The molecule has 0 saturated carbocycles. The molecule has 144 valence electrons. The Morgan fingerprint density at radius 2 is 1.48 bits per heavy atom. The fourth-order valence-corrected chi connectivity index (χ4v) is 4.86. The number of hydrogen-bond donors (Lipinski definition) is 0. The second-order valence-corrected chi connectivity index (χ2v) is 9.31. The lowest BCUT2D eigenvalue weighted by Crippen LogP contribution is -2.08. The van der Waals surface area contributed by atoms with Gasteiger partial charge in [0.25, 0.3) is 0 Å². The predicted octanol–water partition coefficient (Wildman–Crippen LogP) is 4.66. The Morgan fingerprint density at radius 3 is 2.17 bits per heavy atom. The molecule has 0 radical (unpaired) electrons. The molecule has 0 bridgehead atoms. The number of aromatic nitrogens is 3. The van der Waals surface area contributed by atoms with Crippen molar-refractivity contribution in [2.24, 2.45) is 0 Å². The first kappa shape index (κ1) is 19.3. The number of nitrogens with zero attached hydrogens (tertiary/aromatic N) is 3. The van der Waals surface area contributed by atoms with E-state index in [4.69, 9.17) is 0 Å². The number of rotatable bonds is 6. The van der Waals surface area contributed by atoms with Crippen molar-refractivity contribution in [2.75, 3.05) is 0 Å². The molecule has 0 atom stereocenters. The summed E-state index contributed by atoms with van der Waals surface area (Å²) < 4.78 is 25.7. The van der Waals surface area contributed by atoms with Gasteiger partial charge in [-0.2, -0.15) is 0 Å². The second-order valence-electron chi connectivity index (χ2n) is 6.22. The SMILES string of the molecule is O=S(=O)(Cc1cc(Sc2ccccc2)nc(-c2ccccn2)n1)c1ccccc1. The first-order valence-electron chi connectivity index (χ1n) is 8.90. The lowest BCUT2D eigenvalue weighted by atomic mass is 10.3. The van der Waals surface area contributed by atoms with Gasteiger partial charge in [0.1, 0.15) is 10.7 Å². The van der Waals surface area contributed by atoms with Crippen LogP contribution in [0.1, 0.15) is 5.69 Å². The molecular formula is C22H17N3O2S2. The van der Waals surface area contributed by atoms with E-state index in [1.54, 1.807) is 42.6 Å². The summed E-state index contributed by atoms with van der Waals surface area (Å²) in [4.78, 5) is 14.7. The molecule has 0 aliphatic carbocycles. The standard InChI is InChI=1S/C22H17N3O2S2/c26-29(27,19-11-5-2-6-12-19)16-17-15-21(28-18-9-3-1-4-10-18)25-22(24-17)20-13-7-8-14-23-20/h1-15H,16H2. The smallest absolute Gasteiger partial charge is 0.184 e. The monoisotopic (exact) mass is 419 g/mol. The van der Waals surface area contributed by atoms with E-state index in [0.717, 1.165) is 4.90 Å². The van der Waals surface area contributed by atoms with Crippen molar-refractivity contribution in [3.8, 4) is 11.5 Å². The molecule has 0 aliphatic heterocycles. The summed E-state index contributed by atoms with van der Waals surface area (Å²) in [6, 6.07) is 25.4. The van der Waals surface area contributed by atoms with Crippen LogP contribution >= 0.6 is 11.8 Å². The largest absolute Gasteiger partial charge is 0.253 e. The molecule has 0 fully saturated rings. The van der Waals surface area contributed by atoms with Gasteiger partial charge in [0.05, 0.1) is 16.3 Å². The first-order valence-corrected chi connectivity index (χ1v) is 11.4. The van der Waals surface area contributed by atoms with Gasteiger partial charge < -0.3 is 0 Å². The number of pyridine rings is 1. The molecule has 0 unspecified atom stereocenters. The fourth-order valence-electron chi connectivity index (χ4n) is 2.72. The van der Waals surface area contributed by atoms with E-state index in [1.807, 2.05) is 48.5 Å². The highest BCUT2D eigenvalue weighted by Gasteiger charge is 2.18. The third-order valence-electron chi connectivity index (χ3n) is 4.06. The quantitative estimate of drug-likeness (QED) is 0.423. The van der Waals surface area contributed by atoms with Gasteiger partial charge in [0, 0.05) is 11.1 Å². The van der Waals surface area contributed by atoms with Crippen molar-refractivity contribution < 1.29 is 8.42 Å². The average Bonchev–Trinajstić information content (AvgIpc) is 2.75. The molecule has 7 heteroatoms. The van der Waals surface area contributed by atoms with E-state index >= 15 is 0 Å². The summed E-state index contributed by atoms with van der Waals surface area (Å²) in [5.41, 5.74) is 1.03. The molecule has 2 aromatic heterocycles. The highest BCUT2D eigenvalue weighted by molar-refractivity contribution is 7.99. The lowest BCUT2D eigenvalue weighted by molar-refractivity contribution is 0.594. The molecule has 29 heavy (non-hydrogen) atoms. The van der Waals surface area contributed by atoms with Crippen molar-refractivity contribution in [1.82, 2.24) is 15.0 Å². The normalized spacial score (nSPS) is 11.3. The Labute approximate surface area is 173 Å². The molecule has 4 aromatic rings. The van der Waals surface area contributed by atoms with Crippen molar-refractivity contribution in [3.63, 3.8) is 0 Å². The molecular weight excluding hydrogens is 402 g/mol. The van der Waals surface area contributed by atoms with E-state index in [1.165, 1.54) is 11.8 Å². The first-order chi connectivity index (χ1) is 14.1. The summed E-state index contributed by atoms with van der Waals surface area (Å²) in [5, 5.41) is 0.671. The summed E-state index contributed by atoms with van der Waals surface area (Å²) in [6.07, 6.45) is 1.66. The molecule has 0 amide bonds. The van der Waals surface area contributed by atoms with Crippen LogP contribution in [0.5, 0.6) is 0 Å². The predicted molar refractivity (Wildman–Crippen MR) is 113 cm³/mol. The van der Waals surface area contributed by atoms with Crippen LogP contribution in [0.15, 0.2) is 106 Å². The maximum absolute atomic E-state index is 12.8. The van der Waals surface area contributed by atoms with E-state index in [-0.39, 0.29) is 10.6 Å². The fraction of sp³-hybridized carbons (Fsp3) is 0.0455. The second kappa shape index (κ2) is 8.55. The van der Waals surface area contributed by atoms with Gasteiger partial charge in [-0.3, -0.25) is 4.98 Å². The minimum Gasteiger partial charge on any atom is -0.253 e. The van der Waals surface area contributed by atoms with Crippen LogP contribution in [0.2, 0.25) is 0 Å². The van der Waals surface area contributed by atoms with Crippen molar-refractivity contribution >= 4 is 21.6 Å². The zero-order valence-corrected chi connectivity index (χ0v) is 17.0. The third kappa shape index (κ3) is 4.88. The Morgan fingerprint density at radius 1 is 0.793 bits per heavy atom. The number of sulfone groups is 1. The minimum atomic E-state index is -3.52. The average molecular weight is 420 g/mol. The molecule has 2 heterocycles. The zero-order valence-electron chi connectivity index (χ0n) is 15.3. The Bertz CT molecular complexity index is 1200. The lowest BCUT2D eigenvalue weighted by Gasteiger charge is -2.09. The molecule has 5 nitrogen and oxygen atoms in total. The highest BCUT2D eigenvalue weighted by atomic mass is 32.2. The van der Waals surface area contributed by atoms with Crippen LogP contribution in [-0.2, 0) is 15.6 Å². The number of hydrogen-bond acceptors (Lipinski definition) is 6. The van der Waals surface area contributed by atoms with E-state index in [0.29, 0.717) is 22.2 Å². The van der Waals surface area contributed by atoms with Crippen molar-refractivity contribution in [3.05, 3.63) is 96.8 Å². The van der Waals surface area contributed by atoms with Gasteiger partial charge >= 0.3 is 0 Å². The van der Waals surface area contributed by atoms with Crippen molar-refractivity contribution in [1.29, 1.82) is 0 Å². The maximum Gasteiger partial charge on any atom is 0.184 e. The molecule has 0 saturated heterocycles. The van der Waals surface area contributed by atoms with Crippen LogP contribution in [0.25, 0.3) is 11.5 Å². The molecule has 0 aliphatic rings. The van der Waals surface area contributed by atoms with Crippen LogP contribution in [-0.4, -0.2) is 23.4 Å². The van der Waals surface area contributed by atoms with E-state index < -0.39 is 9.84 Å². The third-order valence-corrected chi connectivity index (χ3v) is 6.65. The molecule has 0 N–H and O–H groups in total. The van der Waals surface area contributed by atoms with Gasteiger partial charge in [-0.25, -0.2) is 18.4 Å². The highest BCUT2D eigenvalue weighted by Crippen LogP contribution is 2.28. The van der Waals surface area contributed by atoms with Gasteiger partial charge in [-0.05, 0) is 42.5 Å². The van der Waals surface area contributed by atoms with E-state index in [9.17, 15) is 8.42 Å². The molecule has 2 aromatic carbocycles. The van der Waals surface area contributed by atoms with Crippen LogP contribution in [0.4, 0.5) is 0 Å². The van der Waals surface area contributed by atoms with Gasteiger partial charge in [0.15, 0.2) is 15.7 Å². The Hall–Kier alpha value is -3.03. The van der Waals surface area contributed by atoms with Crippen LogP contribution in [0.3, 0.4) is 0 Å². The maximum atomic E-state index is 12.8. The summed E-state index contributed by atoms with van der Waals surface area (Å²) in [6.45, 7) is 0. The Balaban J connectivity index is 1.73. The summed E-state index contributed by atoms with van der Waals surface area (Å²) in [5.74, 6) is 0.201. The van der Waals surface area contributed by atoms with Gasteiger partial charge in [-0.1, -0.05) is 54.2 Å². The summed E-state index contributed by atoms with van der Waals surface area (Å²) >= 11 is 1.46. The van der Waals surface area contributed by atoms with Gasteiger partial charge in [0.2, 0.25) is 0 Å². The van der Waals surface area contributed by atoms with Crippen molar-refractivity contribution in [2.45, 2.75) is 20.6 Å². The van der Waals surface area contributed by atoms with Crippen LogP contribution < -0.4 is 0 Å². The van der Waals surface area contributed by atoms with Gasteiger partial charge in [-0.15, -0.1) is 0 Å². The minimum absolute atomic E-state index is 0.207. The summed E-state index contributed by atoms with van der Waals surface area (Å²) in [7, 11) is -3.52. The topological polar surface area (TPSA) is 72.8 Å². The number of benzene rings is 2. The van der Waals surface area contributed by atoms with E-state index in [2.05, 4.69) is 15.0 Å².